The Kier molecular flexibility index (Phi) is 8.90. The van der Waals surface area contributed by atoms with E-state index in [4.69, 9.17) is 25.8 Å². The van der Waals surface area contributed by atoms with Gasteiger partial charge in [0.05, 0.1) is 31.7 Å². The minimum Gasteiger partial charge on any atom is -0.493 e. The van der Waals surface area contributed by atoms with Crippen molar-refractivity contribution in [1.29, 1.82) is 0 Å². The molecule has 0 saturated carbocycles. The molecule has 2 aliphatic rings. The number of ether oxygens (including phenoxy) is 3. The molecule has 2 aliphatic heterocycles. The molecule has 3 aromatic rings. The lowest BCUT2D eigenvalue weighted by Gasteiger charge is -2.32. The van der Waals surface area contributed by atoms with Crippen LogP contribution in [0.25, 0.3) is 5.69 Å². The number of likely N-dealkylation sites (tertiary alicyclic amines) is 1. The van der Waals surface area contributed by atoms with Gasteiger partial charge in [0, 0.05) is 62.4 Å². The molecule has 0 aliphatic carbocycles. The standard InChI is InChI=1S/C32H38ClN3O5/c1-34(2)30(38)19-21-14-17-35(18-15-21)29(37)13-12-27-26-8-6-16-36(26)25-11-10-22(33)20-24(25)31(41-27)23-7-5-9-28(39-3)32(23)40-4/h5-11,16,20-21,27,31H,12-15,17-19H2,1-4H3/t27-,31-/m1/s1. The highest BCUT2D eigenvalue weighted by Crippen LogP contribution is 2.46. The average Bonchev–Trinajstić information content (AvgIpc) is 3.42. The number of rotatable bonds is 8. The molecular formula is C32H38ClN3O5. The van der Waals surface area contributed by atoms with Crippen LogP contribution in [0.1, 0.15) is 61.1 Å². The molecule has 0 spiro atoms. The van der Waals surface area contributed by atoms with E-state index in [1.54, 1.807) is 33.2 Å². The number of hydrogen-bond acceptors (Lipinski definition) is 5. The molecule has 0 radical (unpaired) electrons. The van der Waals surface area contributed by atoms with Crippen LogP contribution in [-0.2, 0) is 14.3 Å². The fourth-order valence-corrected chi connectivity index (χ4v) is 6.12. The van der Waals surface area contributed by atoms with Crippen molar-refractivity contribution in [3.8, 4) is 17.2 Å². The van der Waals surface area contributed by atoms with Gasteiger partial charge in [-0.2, -0.15) is 0 Å². The van der Waals surface area contributed by atoms with Gasteiger partial charge in [0.1, 0.15) is 6.10 Å². The first-order valence-corrected chi connectivity index (χ1v) is 14.5. The summed E-state index contributed by atoms with van der Waals surface area (Å²) in [7, 11) is 6.81. The van der Waals surface area contributed by atoms with Crippen LogP contribution in [0.5, 0.6) is 11.5 Å². The van der Waals surface area contributed by atoms with E-state index in [1.807, 2.05) is 59.6 Å². The maximum Gasteiger partial charge on any atom is 0.222 e. The highest BCUT2D eigenvalue weighted by atomic mass is 35.5. The zero-order valence-electron chi connectivity index (χ0n) is 24.1. The number of halogens is 1. The number of amides is 2. The minimum absolute atomic E-state index is 0.115. The first kappa shape index (κ1) is 29.0. The van der Waals surface area contributed by atoms with E-state index in [-0.39, 0.29) is 17.9 Å². The molecular weight excluding hydrogens is 542 g/mol. The molecule has 8 nitrogen and oxygen atoms in total. The zero-order chi connectivity index (χ0) is 29.1. The summed E-state index contributed by atoms with van der Waals surface area (Å²) in [4.78, 5) is 29.0. The van der Waals surface area contributed by atoms with Crippen LogP contribution < -0.4 is 9.47 Å². The van der Waals surface area contributed by atoms with Crippen LogP contribution in [0.15, 0.2) is 54.7 Å². The Morgan fingerprint density at radius 1 is 1.02 bits per heavy atom. The summed E-state index contributed by atoms with van der Waals surface area (Å²) >= 11 is 6.50. The second-order valence-corrected chi connectivity index (χ2v) is 11.4. The number of hydrogen-bond donors (Lipinski definition) is 0. The number of benzene rings is 2. The molecule has 2 atom stereocenters. The Labute approximate surface area is 246 Å². The van der Waals surface area contributed by atoms with Gasteiger partial charge in [-0.15, -0.1) is 0 Å². The van der Waals surface area contributed by atoms with Gasteiger partial charge in [-0.25, -0.2) is 0 Å². The van der Waals surface area contributed by atoms with Crippen molar-refractivity contribution in [2.45, 2.75) is 44.3 Å². The summed E-state index contributed by atoms with van der Waals surface area (Å²) in [6, 6.07) is 15.6. The fourth-order valence-electron chi connectivity index (χ4n) is 5.94. The Bertz CT molecular complexity index is 1400. The third-order valence-electron chi connectivity index (χ3n) is 8.21. The van der Waals surface area contributed by atoms with Gasteiger partial charge in [-0.1, -0.05) is 23.7 Å². The Balaban J connectivity index is 1.38. The van der Waals surface area contributed by atoms with Crippen molar-refractivity contribution in [2.24, 2.45) is 5.92 Å². The van der Waals surface area contributed by atoms with Crippen molar-refractivity contribution >= 4 is 23.4 Å². The molecule has 41 heavy (non-hydrogen) atoms. The van der Waals surface area contributed by atoms with Gasteiger partial charge in [0.25, 0.3) is 0 Å². The molecule has 1 aromatic heterocycles. The smallest absolute Gasteiger partial charge is 0.222 e. The topological polar surface area (TPSA) is 73.2 Å². The quantitative estimate of drug-likeness (QED) is 0.337. The first-order chi connectivity index (χ1) is 19.8. The zero-order valence-corrected chi connectivity index (χ0v) is 24.9. The second-order valence-electron chi connectivity index (χ2n) is 10.9. The molecule has 2 amide bonds. The fraction of sp³-hybridized carbons (Fsp3) is 0.438. The van der Waals surface area contributed by atoms with Crippen molar-refractivity contribution in [1.82, 2.24) is 14.4 Å². The van der Waals surface area contributed by atoms with Crippen LogP contribution in [0.3, 0.4) is 0 Å². The molecule has 1 fully saturated rings. The number of fused-ring (bicyclic) bond motifs is 3. The van der Waals surface area contributed by atoms with Crippen molar-refractivity contribution in [3.05, 3.63) is 76.6 Å². The van der Waals surface area contributed by atoms with Gasteiger partial charge < -0.3 is 28.6 Å². The van der Waals surface area contributed by atoms with Crippen LogP contribution in [-0.4, -0.2) is 67.6 Å². The molecule has 1 saturated heterocycles. The van der Waals surface area contributed by atoms with E-state index in [0.717, 1.165) is 35.3 Å². The summed E-state index contributed by atoms with van der Waals surface area (Å²) < 4.78 is 20.4. The predicted molar refractivity (Wildman–Crippen MR) is 158 cm³/mol. The number of para-hydroxylation sites is 1. The third kappa shape index (κ3) is 6.09. The lowest BCUT2D eigenvalue weighted by molar-refractivity contribution is -0.134. The number of methoxy groups -OCH3 is 2. The minimum atomic E-state index is -0.501. The Morgan fingerprint density at radius 2 is 1.80 bits per heavy atom. The molecule has 9 heteroatoms. The van der Waals surface area contributed by atoms with E-state index >= 15 is 0 Å². The lowest BCUT2D eigenvalue weighted by Crippen LogP contribution is -2.39. The van der Waals surface area contributed by atoms with E-state index < -0.39 is 6.10 Å². The summed E-state index contributed by atoms with van der Waals surface area (Å²) in [6.45, 7) is 1.36. The molecule has 0 bridgehead atoms. The van der Waals surface area contributed by atoms with Gasteiger partial charge >= 0.3 is 0 Å². The third-order valence-corrected chi connectivity index (χ3v) is 8.44. The van der Waals surface area contributed by atoms with Crippen molar-refractivity contribution in [2.75, 3.05) is 41.4 Å². The summed E-state index contributed by atoms with van der Waals surface area (Å²) in [5.41, 5.74) is 3.68. The van der Waals surface area contributed by atoms with Crippen molar-refractivity contribution in [3.63, 3.8) is 0 Å². The van der Waals surface area contributed by atoms with Gasteiger partial charge in [0.2, 0.25) is 11.8 Å². The molecule has 0 unspecified atom stereocenters. The predicted octanol–water partition coefficient (Wildman–Crippen LogP) is 5.81. The number of carbonyl (C=O) groups is 2. The monoisotopic (exact) mass is 579 g/mol. The highest BCUT2D eigenvalue weighted by Gasteiger charge is 2.34. The highest BCUT2D eigenvalue weighted by molar-refractivity contribution is 6.30. The van der Waals surface area contributed by atoms with Gasteiger partial charge in [-0.05, 0) is 61.6 Å². The number of aromatic nitrogens is 1. The summed E-state index contributed by atoms with van der Waals surface area (Å²) in [5.74, 6) is 1.80. The van der Waals surface area contributed by atoms with E-state index in [2.05, 4.69) is 4.57 Å². The maximum atomic E-state index is 13.3. The Hall–Kier alpha value is -3.49. The van der Waals surface area contributed by atoms with Crippen LogP contribution in [0, 0.1) is 5.92 Å². The van der Waals surface area contributed by atoms with Crippen LogP contribution in [0.4, 0.5) is 0 Å². The second kappa shape index (κ2) is 12.6. The normalized spacial score (nSPS) is 18.7. The van der Waals surface area contributed by atoms with Crippen molar-refractivity contribution < 1.29 is 23.8 Å². The molecule has 2 aromatic carbocycles. The van der Waals surface area contributed by atoms with E-state index in [0.29, 0.717) is 54.8 Å². The number of piperidine rings is 1. The molecule has 5 rings (SSSR count). The molecule has 0 N–H and O–H groups in total. The maximum absolute atomic E-state index is 13.3. The Morgan fingerprint density at radius 3 is 2.51 bits per heavy atom. The lowest BCUT2D eigenvalue weighted by atomic mass is 9.92. The largest absolute Gasteiger partial charge is 0.493 e. The van der Waals surface area contributed by atoms with Gasteiger partial charge in [-0.3, -0.25) is 9.59 Å². The molecule has 3 heterocycles. The van der Waals surface area contributed by atoms with E-state index in [9.17, 15) is 9.59 Å². The van der Waals surface area contributed by atoms with Crippen LogP contribution >= 0.6 is 11.6 Å². The molecule has 218 valence electrons. The average molecular weight is 580 g/mol. The SMILES string of the molecule is COc1cccc([C@H]2O[C@H](CCC(=O)N3CCC(CC(=O)N(C)C)CC3)c3cccn3-c3ccc(Cl)cc32)c1OC. The number of nitrogens with zero attached hydrogens (tertiary/aromatic N) is 3. The number of carbonyl (C=O) groups excluding carboxylic acids is 2. The first-order valence-electron chi connectivity index (χ1n) is 14.1. The van der Waals surface area contributed by atoms with E-state index in [1.165, 1.54) is 0 Å². The van der Waals surface area contributed by atoms with Gasteiger partial charge in [0.15, 0.2) is 11.5 Å². The summed E-state index contributed by atoms with van der Waals surface area (Å²) in [6.07, 6.45) is 4.29. The van der Waals surface area contributed by atoms with Crippen LogP contribution in [0.2, 0.25) is 5.02 Å². The summed E-state index contributed by atoms with van der Waals surface area (Å²) in [5, 5.41) is 0.609.